The molecule has 0 spiro atoms. The molecular formula is C22H35N5O6. The van der Waals surface area contributed by atoms with Gasteiger partial charge in [-0.2, -0.15) is 0 Å². The summed E-state index contributed by atoms with van der Waals surface area (Å²) < 4.78 is 4.79. The first kappa shape index (κ1) is 27.9. The number of urea groups is 1. The van der Waals surface area contributed by atoms with Gasteiger partial charge in [0.15, 0.2) is 6.10 Å². The van der Waals surface area contributed by atoms with Crippen molar-refractivity contribution in [1.82, 2.24) is 16.0 Å². The van der Waals surface area contributed by atoms with Crippen LogP contribution in [0.5, 0.6) is 0 Å². The fraction of sp³-hybridized carbons (Fsp3) is 0.545. The first-order chi connectivity index (χ1) is 15.6. The summed E-state index contributed by atoms with van der Waals surface area (Å²) in [5, 5.41) is 20.9. The van der Waals surface area contributed by atoms with Crippen LogP contribution in [0.25, 0.3) is 0 Å². The SMILES string of the molecule is CCOC(=O)C(O)c1ccc(NC(=O)[C@H](CCCNC(N)=O)NC(=O)[C@@H](NC)C(C)C)cc1. The maximum absolute atomic E-state index is 12.9. The Kier molecular flexibility index (Phi) is 11.9. The van der Waals surface area contributed by atoms with Crippen molar-refractivity contribution < 1.29 is 29.0 Å². The highest BCUT2D eigenvalue weighted by molar-refractivity contribution is 5.98. The molecule has 11 nitrogen and oxygen atoms in total. The van der Waals surface area contributed by atoms with E-state index < -0.39 is 36.1 Å². The minimum absolute atomic E-state index is 0.00797. The molecule has 1 rings (SSSR count). The second kappa shape index (κ2) is 14.1. The van der Waals surface area contributed by atoms with E-state index in [0.717, 1.165) is 0 Å². The molecule has 33 heavy (non-hydrogen) atoms. The number of aliphatic hydroxyl groups excluding tert-OH is 1. The third-order valence-electron chi connectivity index (χ3n) is 4.87. The van der Waals surface area contributed by atoms with E-state index in [2.05, 4.69) is 21.3 Å². The molecule has 0 bridgehead atoms. The van der Waals surface area contributed by atoms with Crippen molar-refractivity contribution in [2.45, 2.75) is 51.8 Å². The summed E-state index contributed by atoms with van der Waals surface area (Å²) in [6.45, 7) is 5.83. The van der Waals surface area contributed by atoms with Gasteiger partial charge < -0.3 is 36.8 Å². The lowest BCUT2D eigenvalue weighted by molar-refractivity contribution is -0.153. The zero-order chi connectivity index (χ0) is 25.0. The largest absolute Gasteiger partial charge is 0.464 e. The summed E-state index contributed by atoms with van der Waals surface area (Å²) in [6.07, 6.45) is -0.738. The van der Waals surface area contributed by atoms with Gasteiger partial charge in [-0.05, 0) is 50.4 Å². The molecule has 184 valence electrons. The Morgan fingerprint density at radius 3 is 2.24 bits per heavy atom. The van der Waals surface area contributed by atoms with Gasteiger partial charge in [0.05, 0.1) is 12.6 Å². The average molecular weight is 466 g/mol. The monoisotopic (exact) mass is 465 g/mol. The van der Waals surface area contributed by atoms with Crippen LogP contribution in [0.2, 0.25) is 0 Å². The predicted molar refractivity (Wildman–Crippen MR) is 123 cm³/mol. The van der Waals surface area contributed by atoms with Gasteiger partial charge in [0, 0.05) is 12.2 Å². The summed E-state index contributed by atoms with van der Waals surface area (Å²) in [6, 6.07) is 4.07. The van der Waals surface area contributed by atoms with Crippen molar-refractivity contribution in [2.75, 3.05) is 25.5 Å². The van der Waals surface area contributed by atoms with E-state index in [9.17, 15) is 24.3 Å². The summed E-state index contributed by atoms with van der Waals surface area (Å²) in [4.78, 5) is 48.1. The molecule has 0 aromatic heterocycles. The van der Waals surface area contributed by atoms with E-state index in [0.29, 0.717) is 17.7 Å². The third-order valence-corrected chi connectivity index (χ3v) is 4.87. The molecular weight excluding hydrogens is 430 g/mol. The zero-order valence-corrected chi connectivity index (χ0v) is 19.5. The number of benzene rings is 1. The predicted octanol–water partition coefficient (Wildman–Crippen LogP) is 0.399. The second-order valence-electron chi connectivity index (χ2n) is 7.77. The molecule has 0 aliphatic carbocycles. The number of ether oxygens (including phenoxy) is 1. The normalized spacial score (nSPS) is 13.5. The lowest BCUT2D eigenvalue weighted by atomic mass is 10.0. The van der Waals surface area contributed by atoms with E-state index in [1.54, 1.807) is 14.0 Å². The first-order valence-electron chi connectivity index (χ1n) is 10.9. The lowest BCUT2D eigenvalue weighted by Crippen LogP contribution is -2.52. The van der Waals surface area contributed by atoms with Crippen LogP contribution in [-0.4, -0.2) is 61.2 Å². The Morgan fingerprint density at radius 2 is 1.73 bits per heavy atom. The van der Waals surface area contributed by atoms with Crippen molar-refractivity contribution in [3.8, 4) is 0 Å². The van der Waals surface area contributed by atoms with Gasteiger partial charge in [-0.25, -0.2) is 9.59 Å². The van der Waals surface area contributed by atoms with Gasteiger partial charge in [0.1, 0.15) is 6.04 Å². The number of amides is 4. The van der Waals surface area contributed by atoms with Crippen LogP contribution < -0.4 is 27.0 Å². The number of esters is 1. The van der Waals surface area contributed by atoms with Crippen molar-refractivity contribution in [3.05, 3.63) is 29.8 Å². The number of nitrogens with two attached hydrogens (primary N) is 1. The first-order valence-corrected chi connectivity index (χ1v) is 10.9. The molecule has 0 fully saturated rings. The van der Waals surface area contributed by atoms with Gasteiger partial charge in [-0.3, -0.25) is 9.59 Å². The van der Waals surface area contributed by atoms with Crippen LogP contribution in [-0.2, 0) is 19.1 Å². The summed E-state index contributed by atoms with van der Waals surface area (Å²) in [5.41, 5.74) is 5.80. The number of carbonyl (C=O) groups excluding carboxylic acids is 4. The Bertz CT molecular complexity index is 799. The number of hydrogen-bond donors (Lipinski definition) is 6. The van der Waals surface area contributed by atoms with Crippen LogP contribution in [0.1, 0.15) is 45.3 Å². The number of rotatable bonds is 13. The maximum Gasteiger partial charge on any atom is 0.339 e. The quantitative estimate of drug-likeness (QED) is 0.181. The Morgan fingerprint density at radius 1 is 1.09 bits per heavy atom. The van der Waals surface area contributed by atoms with Gasteiger partial charge in [-0.1, -0.05) is 26.0 Å². The van der Waals surface area contributed by atoms with Crippen molar-refractivity contribution in [3.63, 3.8) is 0 Å². The van der Waals surface area contributed by atoms with Crippen molar-refractivity contribution >= 4 is 29.5 Å². The van der Waals surface area contributed by atoms with Crippen molar-refractivity contribution in [1.29, 1.82) is 0 Å². The molecule has 4 amide bonds. The molecule has 1 aromatic rings. The molecule has 0 heterocycles. The lowest BCUT2D eigenvalue weighted by Gasteiger charge is -2.24. The number of nitrogens with one attached hydrogen (secondary N) is 4. The maximum atomic E-state index is 12.9. The smallest absolute Gasteiger partial charge is 0.339 e. The third kappa shape index (κ3) is 9.46. The van der Waals surface area contributed by atoms with Gasteiger partial charge >= 0.3 is 12.0 Å². The second-order valence-corrected chi connectivity index (χ2v) is 7.77. The molecule has 0 aliphatic rings. The molecule has 0 radical (unpaired) electrons. The van der Waals surface area contributed by atoms with Crippen LogP contribution >= 0.6 is 0 Å². The van der Waals surface area contributed by atoms with Crippen LogP contribution in [0.4, 0.5) is 10.5 Å². The molecule has 3 atom stereocenters. The summed E-state index contributed by atoms with van der Waals surface area (Å²) >= 11 is 0. The molecule has 0 saturated heterocycles. The Hall–Kier alpha value is -3.18. The fourth-order valence-electron chi connectivity index (χ4n) is 3.15. The molecule has 11 heteroatoms. The Balaban J connectivity index is 2.87. The van der Waals surface area contributed by atoms with Gasteiger partial charge in [0.2, 0.25) is 11.8 Å². The number of carbonyl (C=O) groups is 4. The number of hydrogen-bond acceptors (Lipinski definition) is 7. The molecule has 0 aliphatic heterocycles. The minimum atomic E-state index is -1.42. The van der Waals surface area contributed by atoms with Gasteiger partial charge in [0.25, 0.3) is 0 Å². The average Bonchev–Trinajstić information content (AvgIpc) is 2.76. The van der Waals surface area contributed by atoms with Crippen molar-refractivity contribution in [2.24, 2.45) is 11.7 Å². The summed E-state index contributed by atoms with van der Waals surface area (Å²) in [7, 11) is 1.67. The van der Waals surface area contributed by atoms with Crippen LogP contribution in [0.15, 0.2) is 24.3 Å². The number of anilines is 1. The number of primary amides is 1. The highest BCUT2D eigenvalue weighted by atomic mass is 16.5. The number of aliphatic hydroxyl groups is 1. The van der Waals surface area contributed by atoms with E-state index in [1.807, 2.05) is 13.8 Å². The van der Waals surface area contributed by atoms with Crippen LogP contribution in [0, 0.1) is 5.92 Å². The van der Waals surface area contributed by atoms with E-state index in [-0.39, 0.29) is 31.4 Å². The Labute approximate surface area is 193 Å². The fourth-order valence-corrected chi connectivity index (χ4v) is 3.15. The standard InChI is InChI=1S/C22H35N5O6/c1-5-33-21(31)18(28)14-8-10-15(11-9-14)26-19(29)16(7-6-12-25-22(23)32)27-20(30)17(24-4)13(2)3/h8-11,13,16-18,24,28H,5-7,12H2,1-4H3,(H,26,29)(H,27,30)(H3,23,25,32)/t16-,17-,18?/m0/s1. The zero-order valence-electron chi connectivity index (χ0n) is 19.5. The molecule has 7 N–H and O–H groups in total. The van der Waals surface area contributed by atoms with E-state index in [1.165, 1.54) is 24.3 Å². The molecule has 1 aromatic carbocycles. The van der Waals surface area contributed by atoms with Crippen LogP contribution in [0.3, 0.4) is 0 Å². The van der Waals surface area contributed by atoms with E-state index >= 15 is 0 Å². The highest BCUT2D eigenvalue weighted by Crippen LogP contribution is 2.18. The molecule has 0 saturated carbocycles. The number of likely N-dealkylation sites (N-methyl/N-ethyl adjacent to an activating group) is 1. The summed E-state index contributed by atoms with van der Waals surface area (Å²) in [5.74, 6) is -1.51. The van der Waals surface area contributed by atoms with E-state index in [4.69, 9.17) is 10.5 Å². The minimum Gasteiger partial charge on any atom is -0.464 e. The molecule has 1 unspecified atom stereocenters. The van der Waals surface area contributed by atoms with Gasteiger partial charge in [-0.15, -0.1) is 0 Å². The highest BCUT2D eigenvalue weighted by Gasteiger charge is 2.26. The topological polar surface area (TPSA) is 172 Å².